The van der Waals surface area contributed by atoms with Gasteiger partial charge in [0.2, 0.25) is 0 Å². The highest BCUT2D eigenvalue weighted by Gasteiger charge is 2.16. The topological polar surface area (TPSA) is 38.8 Å². The van der Waals surface area contributed by atoms with Crippen LogP contribution in [0.1, 0.15) is 15.2 Å². The normalized spacial score (nSPS) is 10.2. The summed E-state index contributed by atoms with van der Waals surface area (Å²) in [6, 6.07) is 8.88. The molecular formula is C17H18ClNO3S. The molecule has 1 amide bonds. The Morgan fingerprint density at radius 2 is 2.13 bits per heavy atom. The van der Waals surface area contributed by atoms with E-state index in [0.717, 1.165) is 4.88 Å². The maximum Gasteiger partial charge on any atom is 0.254 e. The Kier molecular flexibility index (Phi) is 6.07. The summed E-state index contributed by atoms with van der Waals surface area (Å²) < 4.78 is 11.5. The lowest BCUT2D eigenvalue weighted by Gasteiger charge is -2.17. The molecule has 0 aliphatic carbocycles. The lowest BCUT2D eigenvalue weighted by atomic mass is 10.1. The average Bonchev–Trinajstić information content (AvgIpc) is 2.96. The maximum atomic E-state index is 12.5. The van der Waals surface area contributed by atoms with Crippen molar-refractivity contribution in [3.05, 3.63) is 57.8 Å². The number of methoxy groups -OCH3 is 1. The quantitative estimate of drug-likeness (QED) is 0.700. The molecule has 0 aliphatic heterocycles. The van der Waals surface area contributed by atoms with Crippen LogP contribution >= 0.6 is 22.9 Å². The van der Waals surface area contributed by atoms with Gasteiger partial charge in [0.15, 0.2) is 11.5 Å². The summed E-state index contributed by atoms with van der Waals surface area (Å²) >= 11 is 7.38. The average molecular weight is 352 g/mol. The Balaban J connectivity index is 2.13. The highest BCUT2D eigenvalue weighted by molar-refractivity contribution is 7.16. The molecule has 0 saturated carbocycles. The predicted octanol–water partition coefficient (Wildman–Crippen LogP) is 4.25. The number of amides is 1. The zero-order valence-corrected chi connectivity index (χ0v) is 14.6. The van der Waals surface area contributed by atoms with Gasteiger partial charge >= 0.3 is 0 Å². The summed E-state index contributed by atoms with van der Waals surface area (Å²) in [4.78, 5) is 15.2. The number of hydrogen-bond donors (Lipinski definition) is 0. The molecule has 23 heavy (non-hydrogen) atoms. The lowest BCUT2D eigenvalue weighted by Crippen LogP contribution is -2.25. The van der Waals surface area contributed by atoms with Crippen LogP contribution in [0.4, 0.5) is 0 Å². The second-order valence-corrected chi connectivity index (χ2v) is 6.63. The smallest absolute Gasteiger partial charge is 0.254 e. The van der Waals surface area contributed by atoms with Crippen molar-refractivity contribution in [1.82, 2.24) is 4.90 Å². The van der Waals surface area contributed by atoms with Crippen molar-refractivity contribution in [2.75, 3.05) is 20.8 Å². The van der Waals surface area contributed by atoms with Crippen LogP contribution in [0.3, 0.4) is 0 Å². The summed E-state index contributed by atoms with van der Waals surface area (Å²) in [6.45, 7) is 4.49. The van der Waals surface area contributed by atoms with Crippen molar-refractivity contribution in [2.45, 2.75) is 6.54 Å². The summed E-state index contributed by atoms with van der Waals surface area (Å²) in [7, 11) is 3.30. The van der Waals surface area contributed by atoms with Crippen molar-refractivity contribution in [2.24, 2.45) is 0 Å². The summed E-state index contributed by atoms with van der Waals surface area (Å²) in [5, 5.41) is 0. The van der Waals surface area contributed by atoms with Crippen LogP contribution in [-0.2, 0) is 6.54 Å². The molecule has 2 aromatic rings. The van der Waals surface area contributed by atoms with Crippen molar-refractivity contribution in [1.29, 1.82) is 0 Å². The van der Waals surface area contributed by atoms with E-state index in [1.54, 1.807) is 43.3 Å². The molecule has 0 radical (unpaired) electrons. The first kappa shape index (κ1) is 17.4. The van der Waals surface area contributed by atoms with Crippen LogP contribution in [0.15, 0.2) is 43.0 Å². The first-order valence-corrected chi connectivity index (χ1v) is 8.16. The van der Waals surface area contributed by atoms with Gasteiger partial charge in [0.05, 0.1) is 18.0 Å². The fourth-order valence-corrected chi connectivity index (χ4v) is 3.17. The third-order valence-corrected chi connectivity index (χ3v) is 4.35. The van der Waals surface area contributed by atoms with Gasteiger partial charge in [-0.3, -0.25) is 4.79 Å². The molecule has 0 atom stereocenters. The van der Waals surface area contributed by atoms with Gasteiger partial charge in [-0.2, -0.15) is 0 Å². The zero-order chi connectivity index (χ0) is 16.8. The Morgan fingerprint density at radius 3 is 2.74 bits per heavy atom. The Labute approximate surface area is 144 Å². The number of hydrogen-bond acceptors (Lipinski definition) is 4. The number of nitrogens with zero attached hydrogens (tertiary/aromatic N) is 1. The third-order valence-electron chi connectivity index (χ3n) is 3.14. The van der Waals surface area contributed by atoms with Crippen molar-refractivity contribution in [3.8, 4) is 11.5 Å². The molecular weight excluding hydrogens is 334 g/mol. The van der Waals surface area contributed by atoms with Crippen LogP contribution in [0.25, 0.3) is 0 Å². The lowest BCUT2D eigenvalue weighted by molar-refractivity contribution is 0.0786. The van der Waals surface area contributed by atoms with Gasteiger partial charge in [-0.1, -0.05) is 24.3 Å². The first-order valence-electron chi connectivity index (χ1n) is 6.96. The van der Waals surface area contributed by atoms with Crippen LogP contribution in [0.2, 0.25) is 4.34 Å². The molecule has 1 heterocycles. The van der Waals surface area contributed by atoms with E-state index in [0.29, 0.717) is 34.6 Å². The number of thiophene rings is 1. The number of rotatable bonds is 7. The third kappa shape index (κ3) is 4.50. The molecule has 0 N–H and O–H groups in total. The van der Waals surface area contributed by atoms with Crippen molar-refractivity contribution >= 4 is 28.8 Å². The fourth-order valence-electron chi connectivity index (χ4n) is 2.03. The van der Waals surface area contributed by atoms with Crippen molar-refractivity contribution in [3.63, 3.8) is 0 Å². The molecule has 0 aliphatic rings. The minimum Gasteiger partial charge on any atom is -0.493 e. The van der Waals surface area contributed by atoms with Crippen LogP contribution < -0.4 is 9.47 Å². The van der Waals surface area contributed by atoms with E-state index in [4.69, 9.17) is 21.1 Å². The number of ether oxygens (including phenoxy) is 2. The van der Waals surface area contributed by atoms with E-state index >= 15 is 0 Å². The van der Waals surface area contributed by atoms with Crippen LogP contribution in [0, 0.1) is 0 Å². The molecule has 122 valence electrons. The summed E-state index contributed by atoms with van der Waals surface area (Å²) in [5.74, 6) is 1.00. The molecule has 0 fully saturated rings. The number of halogens is 1. The van der Waals surface area contributed by atoms with Gasteiger partial charge < -0.3 is 14.4 Å². The van der Waals surface area contributed by atoms with Gasteiger partial charge in [0.1, 0.15) is 6.61 Å². The molecule has 0 saturated heterocycles. The Morgan fingerprint density at radius 1 is 1.35 bits per heavy atom. The number of benzene rings is 1. The van der Waals surface area contributed by atoms with E-state index < -0.39 is 0 Å². The fraction of sp³-hybridized carbons (Fsp3) is 0.235. The standard InChI is InChI=1S/C17H18ClNO3S/c1-4-9-22-14-7-5-12(10-15(14)21-3)17(20)19(2)11-13-6-8-16(18)23-13/h4-8,10H,1,9,11H2,2-3H3. The van der Waals surface area contributed by atoms with Gasteiger partial charge in [-0.15, -0.1) is 11.3 Å². The van der Waals surface area contributed by atoms with Crippen LogP contribution in [-0.4, -0.2) is 31.6 Å². The Bertz CT molecular complexity index is 699. The summed E-state index contributed by atoms with van der Waals surface area (Å²) in [5.41, 5.74) is 0.540. The molecule has 0 bridgehead atoms. The number of carbonyl (C=O) groups excluding carboxylic acids is 1. The van der Waals surface area contributed by atoms with Gasteiger partial charge in [-0.25, -0.2) is 0 Å². The maximum absolute atomic E-state index is 12.5. The largest absolute Gasteiger partial charge is 0.493 e. The summed E-state index contributed by atoms with van der Waals surface area (Å²) in [6.07, 6.45) is 1.65. The molecule has 4 nitrogen and oxygen atoms in total. The minimum absolute atomic E-state index is 0.0944. The minimum atomic E-state index is -0.0944. The van der Waals surface area contributed by atoms with E-state index in [-0.39, 0.29) is 5.91 Å². The zero-order valence-electron chi connectivity index (χ0n) is 13.0. The number of carbonyl (C=O) groups is 1. The highest BCUT2D eigenvalue weighted by Crippen LogP contribution is 2.29. The molecule has 2 rings (SSSR count). The SMILES string of the molecule is C=CCOc1ccc(C(=O)N(C)Cc2ccc(Cl)s2)cc1OC. The molecule has 1 aromatic heterocycles. The van der Waals surface area contributed by atoms with Crippen LogP contribution in [0.5, 0.6) is 11.5 Å². The second kappa shape index (κ2) is 8.04. The van der Waals surface area contributed by atoms with E-state index in [9.17, 15) is 4.79 Å². The predicted molar refractivity (Wildman–Crippen MR) is 93.8 cm³/mol. The molecule has 0 spiro atoms. The molecule has 1 aromatic carbocycles. The monoisotopic (exact) mass is 351 g/mol. The molecule has 0 unspecified atom stereocenters. The first-order chi connectivity index (χ1) is 11.0. The Hall–Kier alpha value is -1.98. The highest BCUT2D eigenvalue weighted by atomic mass is 35.5. The second-order valence-electron chi connectivity index (χ2n) is 4.83. The van der Waals surface area contributed by atoms with E-state index in [1.807, 2.05) is 12.1 Å². The van der Waals surface area contributed by atoms with Gasteiger partial charge in [0.25, 0.3) is 5.91 Å². The van der Waals surface area contributed by atoms with Gasteiger partial charge in [0, 0.05) is 17.5 Å². The van der Waals surface area contributed by atoms with E-state index in [1.165, 1.54) is 11.3 Å². The van der Waals surface area contributed by atoms with E-state index in [2.05, 4.69) is 6.58 Å². The molecule has 6 heteroatoms. The van der Waals surface area contributed by atoms with Crippen molar-refractivity contribution < 1.29 is 14.3 Å². The van der Waals surface area contributed by atoms with Gasteiger partial charge in [-0.05, 0) is 30.3 Å².